The third-order valence-corrected chi connectivity index (χ3v) is 4.21. The van der Waals surface area contributed by atoms with Crippen LogP contribution in [0.3, 0.4) is 0 Å². The Hall–Kier alpha value is -0.510. The molecule has 3 aliphatic rings. The molecule has 78 valence electrons. The fourth-order valence-electron chi connectivity index (χ4n) is 3.55. The summed E-state index contributed by atoms with van der Waals surface area (Å²) >= 11 is 0. The normalized spacial score (nSPS) is 54.6. The van der Waals surface area contributed by atoms with Crippen LogP contribution in [0, 0.1) is 23.7 Å². The molecule has 4 heteroatoms. The number of halogens is 3. The van der Waals surface area contributed by atoms with E-state index in [2.05, 4.69) is 0 Å². The Morgan fingerprint density at radius 1 is 1.21 bits per heavy atom. The van der Waals surface area contributed by atoms with Crippen LogP contribution in [0.1, 0.15) is 12.8 Å². The molecule has 0 aliphatic heterocycles. The van der Waals surface area contributed by atoms with E-state index in [1.165, 1.54) is 0 Å². The second-order valence-electron chi connectivity index (χ2n) is 4.76. The maximum Gasteiger partial charge on any atom is 0.417 e. The van der Waals surface area contributed by atoms with E-state index in [0.29, 0.717) is 5.92 Å². The highest BCUT2D eigenvalue weighted by Gasteiger charge is 2.72. The highest BCUT2D eigenvalue weighted by molar-refractivity contribution is 5.24. The standard InChI is InChI=1S/C10H11F3O/c11-10(12,13)9(14)4-7-5-1-2-6(3-5)8(7)9/h1-2,5-8,14H,3-4H2. The highest BCUT2D eigenvalue weighted by Crippen LogP contribution is 2.66. The minimum Gasteiger partial charge on any atom is -0.380 e. The van der Waals surface area contributed by atoms with E-state index in [9.17, 15) is 18.3 Å². The van der Waals surface area contributed by atoms with Crippen molar-refractivity contribution in [2.45, 2.75) is 24.6 Å². The summed E-state index contributed by atoms with van der Waals surface area (Å²) in [6.45, 7) is 0. The van der Waals surface area contributed by atoms with Gasteiger partial charge in [0.25, 0.3) is 0 Å². The molecule has 0 aromatic carbocycles. The summed E-state index contributed by atoms with van der Waals surface area (Å²) in [6, 6.07) is 0. The van der Waals surface area contributed by atoms with E-state index in [0.717, 1.165) is 6.42 Å². The fraction of sp³-hybridized carbons (Fsp3) is 0.800. The van der Waals surface area contributed by atoms with Crippen LogP contribution in [0.2, 0.25) is 0 Å². The van der Waals surface area contributed by atoms with E-state index in [1.807, 2.05) is 12.2 Å². The van der Waals surface area contributed by atoms with Crippen LogP contribution >= 0.6 is 0 Å². The van der Waals surface area contributed by atoms with Crippen LogP contribution in [0.4, 0.5) is 13.2 Å². The third-order valence-electron chi connectivity index (χ3n) is 4.21. The molecule has 0 spiro atoms. The smallest absolute Gasteiger partial charge is 0.380 e. The summed E-state index contributed by atoms with van der Waals surface area (Å²) in [7, 11) is 0. The van der Waals surface area contributed by atoms with Crippen LogP contribution in [0.25, 0.3) is 0 Å². The monoisotopic (exact) mass is 204 g/mol. The summed E-state index contributed by atoms with van der Waals surface area (Å²) in [4.78, 5) is 0. The number of hydrogen-bond acceptors (Lipinski definition) is 1. The molecule has 0 aromatic rings. The van der Waals surface area contributed by atoms with Crippen molar-refractivity contribution in [2.24, 2.45) is 23.7 Å². The van der Waals surface area contributed by atoms with Gasteiger partial charge in [-0.3, -0.25) is 0 Å². The van der Waals surface area contributed by atoms with Crippen molar-refractivity contribution in [3.63, 3.8) is 0 Å². The second-order valence-corrected chi connectivity index (χ2v) is 4.76. The first-order chi connectivity index (χ1) is 6.43. The van der Waals surface area contributed by atoms with Gasteiger partial charge in [0.15, 0.2) is 5.60 Å². The average molecular weight is 204 g/mol. The van der Waals surface area contributed by atoms with Crippen molar-refractivity contribution in [1.82, 2.24) is 0 Å². The number of allylic oxidation sites excluding steroid dienone is 2. The van der Waals surface area contributed by atoms with Gasteiger partial charge >= 0.3 is 6.18 Å². The maximum atomic E-state index is 12.6. The van der Waals surface area contributed by atoms with Crippen LogP contribution < -0.4 is 0 Å². The van der Waals surface area contributed by atoms with Gasteiger partial charge in [-0.05, 0) is 30.6 Å². The molecule has 5 atom stereocenters. The number of rotatable bonds is 0. The molecule has 2 bridgehead atoms. The van der Waals surface area contributed by atoms with Gasteiger partial charge < -0.3 is 5.11 Å². The van der Waals surface area contributed by atoms with E-state index in [1.54, 1.807) is 0 Å². The maximum absolute atomic E-state index is 12.6. The summed E-state index contributed by atoms with van der Waals surface area (Å²) in [5, 5.41) is 9.58. The zero-order valence-corrected chi connectivity index (χ0v) is 7.46. The summed E-state index contributed by atoms with van der Waals surface area (Å²) in [6.07, 6.45) is 0.135. The lowest BCUT2D eigenvalue weighted by molar-refractivity contribution is -0.328. The first-order valence-electron chi connectivity index (χ1n) is 4.91. The third kappa shape index (κ3) is 0.771. The minimum atomic E-state index is -4.45. The number of aliphatic hydroxyl groups is 1. The van der Waals surface area contributed by atoms with Crippen LogP contribution in [0.5, 0.6) is 0 Å². The lowest BCUT2D eigenvalue weighted by Crippen LogP contribution is -2.64. The molecular weight excluding hydrogens is 193 g/mol. The molecule has 0 radical (unpaired) electrons. The quantitative estimate of drug-likeness (QED) is 0.599. The molecule has 0 heterocycles. The summed E-state index contributed by atoms with van der Waals surface area (Å²) in [5.41, 5.74) is -2.39. The van der Waals surface area contributed by atoms with Crippen LogP contribution in [-0.4, -0.2) is 16.9 Å². The number of fused-ring (bicyclic) bond motifs is 5. The van der Waals surface area contributed by atoms with Gasteiger partial charge in [0, 0.05) is 5.92 Å². The fourth-order valence-corrected chi connectivity index (χ4v) is 3.55. The van der Waals surface area contributed by atoms with Crippen molar-refractivity contribution in [3.05, 3.63) is 12.2 Å². The van der Waals surface area contributed by atoms with Gasteiger partial charge in [-0.25, -0.2) is 0 Å². The SMILES string of the molecule is OC1(C(F)(F)F)CC2C3C=CC(C3)C21. The van der Waals surface area contributed by atoms with E-state index in [4.69, 9.17) is 0 Å². The molecule has 5 unspecified atom stereocenters. The zero-order valence-electron chi connectivity index (χ0n) is 7.46. The molecule has 0 amide bonds. The topological polar surface area (TPSA) is 20.2 Å². The van der Waals surface area contributed by atoms with Crippen molar-refractivity contribution in [1.29, 1.82) is 0 Å². The van der Waals surface area contributed by atoms with E-state index < -0.39 is 17.7 Å². The molecule has 2 saturated carbocycles. The van der Waals surface area contributed by atoms with Gasteiger partial charge in [-0.2, -0.15) is 13.2 Å². The lowest BCUT2D eigenvalue weighted by Gasteiger charge is -2.53. The molecule has 1 nitrogen and oxygen atoms in total. The molecule has 14 heavy (non-hydrogen) atoms. The van der Waals surface area contributed by atoms with E-state index in [-0.39, 0.29) is 18.3 Å². The first-order valence-corrected chi connectivity index (χ1v) is 4.91. The predicted octanol–water partition coefficient (Wildman–Crippen LogP) is 2.12. The first kappa shape index (κ1) is 8.77. The Morgan fingerprint density at radius 3 is 2.43 bits per heavy atom. The average Bonchev–Trinajstić information content (AvgIpc) is 2.55. The molecule has 0 aromatic heterocycles. The van der Waals surface area contributed by atoms with Gasteiger partial charge in [0.05, 0.1) is 0 Å². The highest BCUT2D eigenvalue weighted by atomic mass is 19.4. The minimum absolute atomic E-state index is 0.0367. The summed E-state index contributed by atoms with van der Waals surface area (Å²) < 4.78 is 37.7. The Labute approximate surface area is 79.6 Å². The van der Waals surface area contributed by atoms with Crippen molar-refractivity contribution in [3.8, 4) is 0 Å². The number of alkyl halides is 3. The Morgan fingerprint density at radius 2 is 1.86 bits per heavy atom. The van der Waals surface area contributed by atoms with Crippen molar-refractivity contribution < 1.29 is 18.3 Å². The molecule has 3 aliphatic carbocycles. The summed E-state index contributed by atoms with van der Waals surface area (Å²) in [5.74, 6) is -0.216. The molecule has 0 saturated heterocycles. The van der Waals surface area contributed by atoms with Crippen LogP contribution in [0.15, 0.2) is 12.2 Å². The number of hydrogen-bond donors (Lipinski definition) is 1. The second kappa shape index (κ2) is 2.18. The predicted molar refractivity (Wildman–Crippen MR) is 43.3 cm³/mol. The molecular formula is C10H11F3O. The van der Waals surface area contributed by atoms with E-state index >= 15 is 0 Å². The Bertz CT molecular complexity index is 309. The van der Waals surface area contributed by atoms with Gasteiger partial charge in [0.2, 0.25) is 0 Å². The molecule has 3 rings (SSSR count). The molecule has 1 N–H and O–H groups in total. The molecule has 2 fully saturated rings. The van der Waals surface area contributed by atoms with Gasteiger partial charge in [-0.1, -0.05) is 12.2 Å². The largest absolute Gasteiger partial charge is 0.417 e. The Balaban J connectivity index is 1.92. The van der Waals surface area contributed by atoms with Crippen molar-refractivity contribution >= 4 is 0 Å². The Kier molecular flexibility index (Phi) is 1.37. The van der Waals surface area contributed by atoms with Crippen molar-refractivity contribution in [2.75, 3.05) is 0 Å². The van der Waals surface area contributed by atoms with Gasteiger partial charge in [0.1, 0.15) is 0 Å². The van der Waals surface area contributed by atoms with Crippen LogP contribution in [-0.2, 0) is 0 Å². The lowest BCUT2D eigenvalue weighted by atomic mass is 9.57. The zero-order chi connectivity index (χ0) is 10.1. The van der Waals surface area contributed by atoms with Gasteiger partial charge in [-0.15, -0.1) is 0 Å².